The summed E-state index contributed by atoms with van der Waals surface area (Å²) in [6, 6.07) is 5.81. The van der Waals surface area contributed by atoms with Gasteiger partial charge in [-0.05, 0) is 37.1 Å². The van der Waals surface area contributed by atoms with Crippen LogP contribution in [0.3, 0.4) is 0 Å². The molecule has 1 aromatic heterocycles. The van der Waals surface area contributed by atoms with Gasteiger partial charge in [0, 0.05) is 11.6 Å². The molecule has 1 N–H and O–H groups in total. The molecule has 2 rings (SSSR count). The van der Waals surface area contributed by atoms with Crippen molar-refractivity contribution in [3.63, 3.8) is 0 Å². The van der Waals surface area contributed by atoms with Crippen LogP contribution in [0.15, 0.2) is 24.4 Å². The van der Waals surface area contributed by atoms with Crippen molar-refractivity contribution >= 4 is 11.6 Å². The number of hydrogen-bond donors (Lipinski definition) is 1. The van der Waals surface area contributed by atoms with Crippen molar-refractivity contribution in [3.8, 4) is 5.69 Å². The highest BCUT2D eigenvalue weighted by molar-refractivity contribution is 6.31. The minimum absolute atomic E-state index is 0.622. The van der Waals surface area contributed by atoms with Gasteiger partial charge in [0.05, 0.1) is 17.6 Å². The van der Waals surface area contributed by atoms with E-state index >= 15 is 0 Å². The third kappa shape index (κ3) is 3.33. The number of nitrogens with zero attached hydrogens (tertiary/aromatic N) is 3. The Hall–Kier alpha value is -1.39. The topological polar surface area (TPSA) is 42.7 Å². The second kappa shape index (κ2) is 6.17. The normalized spacial score (nSPS) is 11.2. The molecule has 2 aromatic rings. The van der Waals surface area contributed by atoms with E-state index in [4.69, 9.17) is 11.6 Å². The zero-order valence-electron chi connectivity index (χ0n) is 11.5. The maximum Gasteiger partial charge on any atom is 0.0783 e. The minimum Gasteiger partial charge on any atom is -0.311 e. The van der Waals surface area contributed by atoms with E-state index in [1.54, 1.807) is 6.20 Å². The lowest BCUT2D eigenvalue weighted by Crippen LogP contribution is -2.21. The molecule has 0 spiro atoms. The fourth-order valence-electron chi connectivity index (χ4n) is 1.89. The van der Waals surface area contributed by atoms with Crippen LogP contribution in [0.1, 0.15) is 25.1 Å². The molecule has 1 heterocycles. The molecule has 0 fully saturated rings. The maximum atomic E-state index is 6.15. The summed E-state index contributed by atoms with van der Waals surface area (Å²) in [5, 5.41) is 12.3. The van der Waals surface area contributed by atoms with Gasteiger partial charge in [0.1, 0.15) is 0 Å². The van der Waals surface area contributed by atoms with Crippen LogP contribution in [-0.4, -0.2) is 21.5 Å². The SMILES string of the molecule is Cc1c(Cl)cccc1-n1nncc1CNCC(C)C. The van der Waals surface area contributed by atoms with Crippen molar-refractivity contribution in [1.82, 2.24) is 20.3 Å². The molecule has 0 saturated carbocycles. The molecule has 4 nitrogen and oxygen atoms in total. The van der Waals surface area contributed by atoms with Gasteiger partial charge in [-0.25, -0.2) is 4.68 Å². The molecule has 0 aliphatic rings. The van der Waals surface area contributed by atoms with E-state index in [9.17, 15) is 0 Å². The molecule has 0 aliphatic carbocycles. The van der Waals surface area contributed by atoms with Crippen LogP contribution in [0.5, 0.6) is 0 Å². The Bertz CT molecular complexity index is 548. The van der Waals surface area contributed by atoms with E-state index < -0.39 is 0 Å². The lowest BCUT2D eigenvalue weighted by Gasteiger charge is -2.11. The Labute approximate surface area is 118 Å². The first-order chi connectivity index (χ1) is 9.09. The van der Waals surface area contributed by atoms with Crippen LogP contribution in [-0.2, 0) is 6.54 Å². The van der Waals surface area contributed by atoms with E-state index in [1.807, 2.05) is 29.8 Å². The van der Waals surface area contributed by atoms with Crippen LogP contribution < -0.4 is 5.32 Å². The fourth-order valence-corrected chi connectivity index (χ4v) is 2.06. The molecule has 1 aromatic carbocycles. The van der Waals surface area contributed by atoms with E-state index in [0.717, 1.165) is 35.1 Å². The number of rotatable bonds is 5. The summed E-state index contributed by atoms with van der Waals surface area (Å²) in [6.45, 7) is 8.08. The van der Waals surface area contributed by atoms with Gasteiger partial charge in [0.25, 0.3) is 0 Å². The quantitative estimate of drug-likeness (QED) is 0.914. The first-order valence-corrected chi connectivity index (χ1v) is 6.83. The highest BCUT2D eigenvalue weighted by Crippen LogP contribution is 2.22. The Morgan fingerprint density at radius 1 is 1.37 bits per heavy atom. The van der Waals surface area contributed by atoms with Gasteiger partial charge in [-0.3, -0.25) is 0 Å². The summed E-state index contributed by atoms with van der Waals surface area (Å²) in [4.78, 5) is 0. The van der Waals surface area contributed by atoms with E-state index in [-0.39, 0.29) is 0 Å². The molecule has 0 unspecified atom stereocenters. The highest BCUT2D eigenvalue weighted by Gasteiger charge is 2.10. The van der Waals surface area contributed by atoms with Gasteiger partial charge in [-0.15, -0.1) is 5.10 Å². The van der Waals surface area contributed by atoms with Crippen molar-refractivity contribution in [1.29, 1.82) is 0 Å². The Morgan fingerprint density at radius 2 is 2.16 bits per heavy atom. The van der Waals surface area contributed by atoms with Gasteiger partial charge in [-0.2, -0.15) is 0 Å². The van der Waals surface area contributed by atoms with Gasteiger partial charge >= 0.3 is 0 Å². The largest absolute Gasteiger partial charge is 0.311 e. The van der Waals surface area contributed by atoms with Gasteiger partial charge in [0.15, 0.2) is 0 Å². The number of benzene rings is 1. The molecule has 0 saturated heterocycles. The summed E-state index contributed by atoms with van der Waals surface area (Å²) in [7, 11) is 0. The molecule has 0 aliphatic heterocycles. The number of hydrogen-bond acceptors (Lipinski definition) is 3. The van der Waals surface area contributed by atoms with Gasteiger partial charge in [-0.1, -0.05) is 36.7 Å². The smallest absolute Gasteiger partial charge is 0.0783 e. The molecule has 0 atom stereocenters. The molecule has 5 heteroatoms. The summed E-state index contributed by atoms with van der Waals surface area (Å²) in [5.74, 6) is 0.622. The summed E-state index contributed by atoms with van der Waals surface area (Å²) in [6.07, 6.45) is 1.79. The summed E-state index contributed by atoms with van der Waals surface area (Å²) < 4.78 is 1.84. The molecular weight excluding hydrogens is 260 g/mol. The third-order valence-corrected chi connectivity index (χ3v) is 3.36. The summed E-state index contributed by atoms with van der Waals surface area (Å²) >= 11 is 6.15. The van der Waals surface area contributed by atoms with Gasteiger partial charge in [0.2, 0.25) is 0 Å². The fraction of sp³-hybridized carbons (Fsp3) is 0.429. The van der Waals surface area contributed by atoms with Crippen LogP contribution in [0, 0.1) is 12.8 Å². The lowest BCUT2D eigenvalue weighted by atomic mass is 10.2. The maximum absolute atomic E-state index is 6.15. The van der Waals surface area contributed by atoms with Crippen molar-refractivity contribution in [2.75, 3.05) is 6.54 Å². The second-order valence-corrected chi connectivity index (χ2v) is 5.45. The van der Waals surface area contributed by atoms with Crippen LogP contribution in [0.4, 0.5) is 0 Å². The monoisotopic (exact) mass is 278 g/mol. The van der Waals surface area contributed by atoms with E-state index in [0.29, 0.717) is 5.92 Å². The van der Waals surface area contributed by atoms with Gasteiger partial charge < -0.3 is 5.32 Å². The Kier molecular flexibility index (Phi) is 4.56. The predicted molar refractivity (Wildman–Crippen MR) is 77.7 cm³/mol. The predicted octanol–water partition coefficient (Wildman–Crippen LogP) is 2.97. The van der Waals surface area contributed by atoms with E-state index in [1.165, 1.54) is 0 Å². The number of nitrogens with one attached hydrogen (secondary N) is 1. The van der Waals surface area contributed by atoms with Crippen molar-refractivity contribution in [2.24, 2.45) is 5.92 Å². The average Bonchev–Trinajstić information content (AvgIpc) is 2.80. The first-order valence-electron chi connectivity index (χ1n) is 6.45. The highest BCUT2D eigenvalue weighted by atomic mass is 35.5. The summed E-state index contributed by atoms with van der Waals surface area (Å²) in [5.41, 5.74) is 3.03. The molecule has 102 valence electrons. The molecular formula is C14H19ClN4. The molecule has 0 bridgehead atoms. The van der Waals surface area contributed by atoms with Crippen molar-refractivity contribution in [3.05, 3.63) is 40.7 Å². The molecule has 19 heavy (non-hydrogen) atoms. The average molecular weight is 279 g/mol. The number of halogens is 1. The Balaban J connectivity index is 2.21. The minimum atomic E-state index is 0.622. The van der Waals surface area contributed by atoms with Crippen LogP contribution in [0.2, 0.25) is 5.02 Å². The number of aromatic nitrogens is 3. The zero-order chi connectivity index (χ0) is 13.8. The second-order valence-electron chi connectivity index (χ2n) is 5.05. The van der Waals surface area contributed by atoms with Crippen LogP contribution in [0.25, 0.3) is 5.69 Å². The first kappa shape index (κ1) is 14.0. The molecule has 0 amide bonds. The molecule has 0 radical (unpaired) electrons. The van der Waals surface area contributed by atoms with Crippen molar-refractivity contribution in [2.45, 2.75) is 27.3 Å². The standard InChI is InChI=1S/C14H19ClN4/c1-10(2)7-16-8-12-9-17-18-19(12)14-6-4-5-13(15)11(14)3/h4-6,9-10,16H,7-8H2,1-3H3. The zero-order valence-corrected chi connectivity index (χ0v) is 12.3. The van der Waals surface area contributed by atoms with E-state index in [2.05, 4.69) is 29.5 Å². The third-order valence-electron chi connectivity index (χ3n) is 2.95. The Morgan fingerprint density at radius 3 is 2.89 bits per heavy atom. The van der Waals surface area contributed by atoms with Crippen LogP contribution >= 0.6 is 11.6 Å². The lowest BCUT2D eigenvalue weighted by molar-refractivity contribution is 0.542. The van der Waals surface area contributed by atoms with Crippen molar-refractivity contribution < 1.29 is 0 Å².